The topological polar surface area (TPSA) is 123 Å². The van der Waals surface area contributed by atoms with Crippen molar-refractivity contribution in [3.8, 4) is 11.5 Å². The van der Waals surface area contributed by atoms with Crippen molar-refractivity contribution in [1.29, 1.82) is 0 Å². The molecule has 0 amide bonds. The number of benzene rings is 4. The van der Waals surface area contributed by atoms with Gasteiger partial charge in [-0.05, 0) is 48.5 Å². The SMILES string of the molecule is O=C(/C1=C/Nc2ccccc2N=C/C(C(=O)c2ccccc2O)=C\Nc2ccccc2N=C1)c1ccccc1O. The largest absolute Gasteiger partial charge is 0.507 e. The predicted octanol–water partition coefficient (Wildman–Crippen LogP) is 6.57. The van der Waals surface area contributed by atoms with Gasteiger partial charge in [-0.15, -0.1) is 0 Å². The second-order valence-corrected chi connectivity index (χ2v) is 8.73. The zero-order valence-corrected chi connectivity index (χ0v) is 21.2. The van der Waals surface area contributed by atoms with Gasteiger partial charge in [0.15, 0.2) is 11.6 Å². The number of para-hydroxylation sites is 6. The van der Waals surface area contributed by atoms with Crippen molar-refractivity contribution in [3.63, 3.8) is 0 Å². The van der Waals surface area contributed by atoms with E-state index in [-0.39, 0.29) is 33.8 Å². The molecule has 4 aromatic carbocycles. The quantitative estimate of drug-likeness (QED) is 0.222. The van der Waals surface area contributed by atoms with Crippen LogP contribution < -0.4 is 10.6 Å². The first-order valence-corrected chi connectivity index (χ1v) is 12.4. The van der Waals surface area contributed by atoms with Crippen LogP contribution in [0.1, 0.15) is 20.7 Å². The molecular weight excluding hydrogens is 504 g/mol. The van der Waals surface area contributed by atoms with Gasteiger partial charge in [0, 0.05) is 24.8 Å². The molecule has 0 fully saturated rings. The molecule has 5 rings (SSSR count). The number of phenols is 2. The molecule has 0 atom stereocenters. The van der Waals surface area contributed by atoms with Crippen molar-refractivity contribution in [2.24, 2.45) is 9.98 Å². The average molecular weight is 529 g/mol. The van der Waals surface area contributed by atoms with Crippen LogP contribution in [0.25, 0.3) is 0 Å². The minimum Gasteiger partial charge on any atom is -0.507 e. The summed E-state index contributed by atoms with van der Waals surface area (Å²) >= 11 is 0. The van der Waals surface area contributed by atoms with Crippen molar-refractivity contribution in [1.82, 2.24) is 0 Å². The van der Waals surface area contributed by atoms with Crippen molar-refractivity contribution in [2.45, 2.75) is 0 Å². The highest BCUT2D eigenvalue weighted by molar-refractivity contribution is 6.23. The molecule has 0 spiro atoms. The van der Waals surface area contributed by atoms with Gasteiger partial charge in [-0.25, -0.2) is 0 Å². The Hall–Kier alpha value is -5.76. The van der Waals surface area contributed by atoms with Crippen LogP contribution in [0.3, 0.4) is 0 Å². The molecule has 4 N–H and O–H groups in total. The molecule has 0 saturated carbocycles. The van der Waals surface area contributed by atoms with Crippen molar-refractivity contribution in [3.05, 3.63) is 132 Å². The summed E-state index contributed by atoms with van der Waals surface area (Å²) in [6, 6.07) is 26.9. The Labute approximate surface area is 230 Å². The van der Waals surface area contributed by atoms with Gasteiger partial charge in [-0.2, -0.15) is 0 Å². The van der Waals surface area contributed by atoms with Crippen molar-refractivity contribution < 1.29 is 19.8 Å². The number of hydrogen-bond donors (Lipinski definition) is 4. The molecule has 1 heterocycles. The molecule has 196 valence electrons. The van der Waals surface area contributed by atoms with Crippen LogP contribution in [0, 0.1) is 0 Å². The van der Waals surface area contributed by atoms with Crippen LogP contribution in [-0.2, 0) is 0 Å². The fraction of sp³-hybridized carbons (Fsp3) is 0. The van der Waals surface area contributed by atoms with Crippen LogP contribution in [0.2, 0.25) is 0 Å². The number of nitrogens with one attached hydrogen (secondary N) is 2. The molecule has 0 aliphatic carbocycles. The van der Waals surface area contributed by atoms with Gasteiger partial charge in [0.1, 0.15) is 11.5 Å². The molecule has 40 heavy (non-hydrogen) atoms. The minimum atomic E-state index is -0.427. The highest BCUT2D eigenvalue weighted by atomic mass is 16.3. The maximum absolute atomic E-state index is 13.4. The van der Waals surface area contributed by atoms with Crippen molar-refractivity contribution >= 4 is 46.7 Å². The lowest BCUT2D eigenvalue weighted by Crippen LogP contribution is -2.09. The number of aromatic hydroxyl groups is 2. The van der Waals surface area contributed by atoms with E-state index in [0.29, 0.717) is 22.7 Å². The van der Waals surface area contributed by atoms with Crippen LogP contribution >= 0.6 is 0 Å². The third-order valence-electron chi connectivity index (χ3n) is 6.08. The summed E-state index contributed by atoms with van der Waals surface area (Å²) in [4.78, 5) is 35.9. The Balaban J connectivity index is 1.62. The Morgan fingerprint density at radius 3 is 1.32 bits per heavy atom. The minimum absolute atomic E-state index is 0.135. The number of allylic oxidation sites excluding steroid dienone is 2. The zero-order valence-electron chi connectivity index (χ0n) is 21.2. The summed E-state index contributed by atoms with van der Waals surface area (Å²) in [5.41, 5.74) is 2.78. The molecule has 0 aromatic heterocycles. The summed E-state index contributed by atoms with van der Waals surface area (Å²) in [6.45, 7) is 0. The number of anilines is 2. The molecule has 8 heteroatoms. The van der Waals surface area contributed by atoms with Crippen molar-refractivity contribution in [2.75, 3.05) is 10.6 Å². The number of aliphatic imine (C=N–C) groups is 2. The highest BCUT2D eigenvalue weighted by Gasteiger charge is 2.17. The van der Waals surface area contributed by atoms with Gasteiger partial charge >= 0.3 is 0 Å². The van der Waals surface area contributed by atoms with E-state index in [1.807, 2.05) is 0 Å². The molecule has 1 aliphatic heterocycles. The monoisotopic (exact) mass is 528 g/mol. The highest BCUT2D eigenvalue weighted by Crippen LogP contribution is 2.29. The first kappa shape index (κ1) is 25.9. The molecule has 0 saturated heterocycles. The van der Waals surface area contributed by atoms with Gasteiger partial charge in [0.25, 0.3) is 0 Å². The van der Waals surface area contributed by atoms with Crippen LogP contribution in [0.5, 0.6) is 11.5 Å². The summed E-state index contributed by atoms with van der Waals surface area (Å²) in [6.07, 6.45) is 5.83. The molecule has 0 bridgehead atoms. The number of nitrogens with zero attached hydrogens (tertiary/aromatic N) is 2. The van der Waals surface area contributed by atoms with E-state index in [9.17, 15) is 19.8 Å². The standard InChI is InChI=1S/C32H24N4O4/c37-29-15-7-1-9-23(29)31(39)21-17-33-25-11-3-5-13-27(25)35-19-22(32(40)24-10-2-8-16-30(24)38)20-36-28-14-6-4-12-26(28)34-18-21/h1-20,33,36-38H/b21-17+,22-20+,34-18?,35-19?. The number of rotatable bonds is 4. The van der Waals surface area contributed by atoms with Crippen LogP contribution in [0.15, 0.2) is 131 Å². The lowest BCUT2D eigenvalue weighted by Gasteiger charge is -2.11. The lowest BCUT2D eigenvalue weighted by molar-refractivity contribution is 0.103. The Morgan fingerprint density at radius 2 is 0.900 bits per heavy atom. The molecule has 1 aliphatic rings. The maximum Gasteiger partial charge on any atom is 0.199 e. The van der Waals surface area contributed by atoms with Crippen LogP contribution in [0.4, 0.5) is 22.7 Å². The number of phenolic OH excluding ortho intramolecular Hbond substituents is 2. The Bertz CT molecular complexity index is 1590. The van der Waals surface area contributed by atoms with Gasteiger partial charge < -0.3 is 20.8 Å². The fourth-order valence-electron chi connectivity index (χ4n) is 3.97. The van der Waals surface area contributed by atoms with E-state index in [1.165, 1.54) is 37.0 Å². The summed E-state index contributed by atoms with van der Waals surface area (Å²) in [5, 5.41) is 26.8. The first-order valence-electron chi connectivity index (χ1n) is 12.4. The molecule has 8 nitrogen and oxygen atoms in total. The third kappa shape index (κ3) is 5.71. The molecular formula is C32H24N4O4. The molecule has 4 aromatic rings. The normalized spacial score (nSPS) is 15.5. The molecule has 0 radical (unpaired) electrons. The van der Waals surface area contributed by atoms with Crippen LogP contribution in [-0.4, -0.2) is 34.2 Å². The fourth-order valence-corrected chi connectivity index (χ4v) is 3.97. The number of carbonyl (C=O) groups excluding carboxylic acids is 2. The second kappa shape index (κ2) is 11.7. The number of ketones is 2. The van der Waals surface area contributed by atoms with E-state index in [0.717, 1.165) is 0 Å². The van der Waals surface area contributed by atoms with E-state index in [4.69, 9.17) is 0 Å². The summed E-state index contributed by atoms with van der Waals surface area (Å²) in [5.74, 6) is -1.13. The Kier molecular flexibility index (Phi) is 7.60. The van der Waals surface area contributed by atoms with Gasteiger partial charge in [-0.1, -0.05) is 48.5 Å². The van der Waals surface area contributed by atoms with Gasteiger partial charge in [0.05, 0.1) is 45.0 Å². The average Bonchev–Trinajstić information content (AvgIpc) is 2.98. The number of fused-ring (bicyclic) bond motifs is 2. The van der Waals surface area contributed by atoms with Gasteiger partial charge in [-0.3, -0.25) is 19.6 Å². The summed E-state index contributed by atoms with van der Waals surface area (Å²) in [7, 11) is 0. The smallest absolute Gasteiger partial charge is 0.199 e. The van der Waals surface area contributed by atoms with Gasteiger partial charge in [0.2, 0.25) is 0 Å². The number of hydrogen-bond acceptors (Lipinski definition) is 8. The predicted molar refractivity (Wildman–Crippen MR) is 157 cm³/mol. The second-order valence-electron chi connectivity index (χ2n) is 8.73. The maximum atomic E-state index is 13.4. The lowest BCUT2D eigenvalue weighted by atomic mass is 10.0. The number of Topliss-reactive ketones (excluding diaryl/α,β-unsaturated/α-hetero) is 2. The Morgan fingerprint density at radius 1 is 0.525 bits per heavy atom. The number of carbonyl (C=O) groups is 2. The first-order chi connectivity index (χ1) is 19.5. The molecule has 0 unspecified atom stereocenters. The van der Waals surface area contributed by atoms with E-state index in [1.54, 1.807) is 84.9 Å². The van der Waals surface area contributed by atoms with E-state index < -0.39 is 11.6 Å². The summed E-state index contributed by atoms with van der Waals surface area (Å²) < 4.78 is 0. The van der Waals surface area contributed by atoms with E-state index in [2.05, 4.69) is 20.6 Å². The van der Waals surface area contributed by atoms with E-state index >= 15 is 0 Å². The third-order valence-corrected chi connectivity index (χ3v) is 6.08. The zero-order chi connectivity index (χ0) is 27.9.